The molecule has 0 saturated carbocycles. The topological polar surface area (TPSA) is 283 Å². The molecule has 328 valence electrons. The Labute approximate surface area is 469 Å². The first kappa shape index (κ1) is 55.7. The zero-order chi connectivity index (χ0) is 45.3. The molecule has 24 heteroatoms. The van der Waals surface area contributed by atoms with Crippen LogP contribution in [-0.4, -0.2) is 61.9 Å². The first-order valence-electron chi connectivity index (χ1n) is 18.5. The monoisotopic (exact) mass is 1100 g/mol. The molecule has 16 nitrogen and oxygen atoms in total. The van der Waals surface area contributed by atoms with Crippen molar-refractivity contribution in [2.75, 3.05) is 0 Å². The molecule has 0 saturated heterocycles. The average Bonchev–Trinajstić information content (AvgIpc) is 4.08. The average molecular weight is 1100 g/mol. The Morgan fingerprint density at radius 1 is 0.309 bits per heavy atom. The SMILES string of the molecule is O=S(=O)([O-])c1ccc(-c2c3nc(c(-c4ccc(S(=O)(=O)[O-])cc4)c4ccc([n-]4)c(-c4ccc(S(=O)(=O)[O-])cc4)c4nc(c(-c5ccc(S(=O)(=O)[O-])cc5)c5ccc2[n-]5)C=C4)C=C3)cc1.[Na+].[Na+].[Na+].[Rh+3]. The largest absolute Gasteiger partial charge is 3.00 e. The summed E-state index contributed by atoms with van der Waals surface area (Å²) in [5.74, 6) is 0. The molecule has 0 N–H and O–H groups in total. The van der Waals surface area contributed by atoms with Crippen molar-refractivity contribution in [2.45, 2.75) is 19.6 Å². The Morgan fingerprint density at radius 3 is 0.647 bits per heavy atom. The van der Waals surface area contributed by atoms with Crippen LogP contribution in [0.15, 0.2) is 141 Å². The van der Waals surface area contributed by atoms with Crippen LogP contribution in [0, 0.1) is 0 Å². The van der Waals surface area contributed by atoms with E-state index < -0.39 is 60.1 Å². The molecule has 0 amide bonds. The third kappa shape index (κ3) is 11.4. The van der Waals surface area contributed by atoms with E-state index in [0.717, 1.165) is 48.5 Å². The summed E-state index contributed by atoms with van der Waals surface area (Å²) in [6.45, 7) is 0. The van der Waals surface area contributed by atoms with Gasteiger partial charge in [0.15, 0.2) is 0 Å². The predicted octanol–water partition coefficient (Wildman–Crippen LogP) is -2.79. The number of fused-ring (bicyclic) bond motifs is 8. The molecule has 5 heterocycles. The zero-order valence-corrected chi connectivity index (χ0v) is 46.4. The number of rotatable bonds is 8. The molecule has 4 aromatic carbocycles. The van der Waals surface area contributed by atoms with Gasteiger partial charge < -0.3 is 28.2 Å². The van der Waals surface area contributed by atoms with E-state index in [9.17, 15) is 51.9 Å². The number of hydrogen-bond donors (Lipinski definition) is 0. The van der Waals surface area contributed by atoms with Crippen molar-refractivity contribution in [1.29, 1.82) is 0 Å². The van der Waals surface area contributed by atoms with E-state index in [2.05, 4.69) is 0 Å². The van der Waals surface area contributed by atoms with Crippen molar-refractivity contribution in [3.63, 3.8) is 0 Å². The van der Waals surface area contributed by atoms with Gasteiger partial charge in [-0.3, -0.25) is 0 Å². The summed E-state index contributed by atoms with van der Waals surface area (Å²) in [5, 5.41) is 0. The van der Waals surface area contributed by atoms with Crippen LogP contribution < -0.4 is 98.6 Å². The summed E-state index contributed by atoms with van der Waals surface area (Å²) in [4.78, 5) is 18.0. The second-order valence-corrected chi connectivity index (χ2v) is 19.8. The molecule has 0 fully saturated rings. The van der Waals surface area contributed by atoms with Gasteiger partial charge in [-0.15, -0.1) is 22.1 Å². The maximum atomic E-state index is 11.9. The van der Waals surface area contributed by atoms with E-state index in [-0.39, 0.29) is 108 Å². The Kier molecular flexibility index (Phi) is 17.4. The van der Waals surface area contributed by atoms with Crippen molar-refractivity contribution >= 4 is 86.8 Å². The van der Waals surface area contributed by atoms with Gasteiger partial charge in [0.25, 0.3) is 0 Å². The van der Waals surface area contributed by atoms with E-state index in [4.69, 9.17) is 19.9 Å². The van der Waals surface area contributed by atoms with Crippen LogP contribution in [0.5, 0.6) is 0 Å². The fourth-order valence-electron chi connectivity index (χ4n) is 7.42. The standard InChI is InChI=1S/C44H28N4O12S4.3Na.Rh/c49-61(50,51)29-9-1-25(2-10-29)41-33-17-19-35(45-33)42(26-3-11-30(12-4-26)62(52,53)54)37-21-23-39(47-37)44(28-7-15-32(16-8-28)64(58,59)60)40-24-22-38(48-40)43(36-20-18-34(41)46-36)27-5-13-31(14-6-27)63(55,56)57;;;;/h1-24H,(H,49,50,51)(H,52,53,54)(H,55,56,57)(H,58,59,60);;;;/q-2;3*+1;+3/p-4. The number of hydrogen-bond acceptors (Lipinski definition) is 14. The fraction of sp³-hybridized carbons (Fsp3) is 0. The van der Waals surface area contributed by atoms with Gasteiger partial charge >= 0.3 is 108 Å². The summed E-state index contributed by atoms with van der Waals surface area (Å²) < 4.78 is 143. The molecule has 2 aliphatic heterocycles. The maximum Gasteiger partial charge on any atom is 3.00 e. The molecular formula is C44H24N4Na3O12RhS4. The summed E-state index contributed by atoms with van der Waals surface area (Å²) in [6.07, 6.45) is 6.65. The van der Waals surface area contributed by atoms with E-state index in [1.54, 1.807) is 48.6 Å². The molecule has 0 radical (unpaired) electrons. The van der Waals surface area contributed by atoms with E-state index in [0.29, 0.717) is 89.4 Å². The molecule has 0 unspecified atom stereocenters. The Bertz CT molecular complexity index is 3320. The second kappa shape index (κ2) is 21.2. The van der Waals surface area contributed by atoms with Crippen LogP contribution in [-0.2, 0) is 60.0 Å². The first-order valence-corrected chi connectivity index (χ1v) is 24.2. The molecule has 7 aromatic rings. The maximum absolute atomic E-state index is 11.9. The summed E-state index contributed by atoms with van der Waals surface area (Å²) >= 11 is 0. The van der Waals surface area contributed by atoms with E-state index >= 15 is 0 Å². The van der Waals surface area contributed by atoms with Crippen LogP contribution in [0.25, 0.3) is 90.9 Å². The van der Waals surface area contributed by atoms with Gasteiger partial charge in [-0.2, -0.15) is 0 Å². The summed E-state index contributed by atoms with van der Waals surface area (Å²) in [6, 6.07) is 27.2. The Balaban J connectivity index is 0.00000216. The van der Waals surface area contributed by atoms with Gasteiger partial charge in [0.1, 0.15) is 40.5 Å². The molecule has 68 heavy (non-hydrogen) atoms. The molecule has 0 atom stereocenters. The molecule has 9 rings (SSSR count). The van der Waals surface area contributed by atoms with Gasteiger partial charge in [-0.25, -0.2) is 43.6 Å². The molecule has 0 aliphatic carbocycles. The fourth-order valence-corrected chi connectivity index (χ4v) is 9.30. The van der Waals surface area contributed by atoms with E-state index in [1.807, 2.05) is 0 Å². The van der Waals surface area contributed by atoms with Gasteiger partial charge in [0.2, 0.25) is 0 Å². The molecule has 8 bridgehead atoms. The van der Waals surface area contributed by atoms with Crippen molar-refractivity contribution in [3.05, 3.63) is 144 Å². The third-order valence-corrected chi connectivity index (χ3v) is 13.7. The number of nitrogens with zero attached hydrogens (tertiary/aromatic N) is 4. The van der Waals surface area contributed by atoms with Crippen molar-refractivity contribution in [2.24, 2.45) is 0 Å². The quantitative estimate of drug-likeness (QED) is 0.110. The van der Waals surface area contributed by atoms with Crippen molar-refractivity contribution in [1.82, 2.24) is 19.9 Å². The van der Waals surface area contributed by atoms with Gasteiger partial charge in [-0.1, -0.05) is 72.8 Å². The van der Waals surface area contributed by atoms with Crippen LogP contribution >= 0.6 is 0 Å². The van der Waals surface area contributed by atoms with Crippen LogP contribution in [0.1, 0.15) is 22.8 Å². The van der Waals surface area contributed by atoms with Crippen LogP contribution in [0.4, 0.5) is 0 Å². The van der Waals surface area contributed by atoms with Crippen LogP contribution in [0.3, 0.4) is 0 Å². The summed E-state index contributed by atoms with van der Waals surface area (Å²) in [7, 11) is -19.3. The predicted molar refractivity (Wildman–Crippen MR) is 230 cm³/mol. The van der Waals surface area contributed by atoms with Crippen LogP contribution in [0.2, 0.25) is 0 Å². The summed E-state index contributed by atoms with van der Waals surface area (Å²) in [5.41, 5.74) is 5.63. The molecular weight excluding hydrogens is 1080 g/mol. The molecule has 0 spiro atoms. The van der Waals surface area contributed by atoms with Crippen molar-refractivity contribution < 1.29 is 160 Å². The van der Waals surface area contributed by atoms with E-state index in [1.165, 1.54) is 48.5 Å². The normalized spacial score (nSPS) is 12.3. The minimum Gasteiger partial charge on any atom is -0.744 e. The smallest absolute Gasteiger partial charge is 0.744 e. The second-order valence-electron chi connectivity index (χ2n) is 14.3. The Hall–Kier alpha value is -3.26. The zero-order valence-electron chi connectivity index (χ0n) is 35.5. The number of benzene rings is 4. The minimum atomic E-state index is -4.82. The van der Waals surface area contributed by atoms with Crippen molar-refractivity contribution in [3.8, 4) is 44.5 Å². The molecule has 2 aliphatic rings. The number of aromatic nitrogens is 4. The van der Waals surface area contributed by atoms with Gasteiger partial charge in [0, 0.05) is 0 Å². The van der Waals surface area contributed by atoms with Gasteiger partial charge in [0.05, 0.1) is 42.4 Å². The Morgan fingerprint density at radius 2 is 0.485 bits per heavy atom. The first-order chi connectivity index (χ1) is 30.2. The minimum absolute atomic E-state index is 0. The molecule has 3 aromatic heterocycles. The van der Waals surface area contributed by atoms with Gasteiger partial charge in [-0.05, 0) is 117 Å². The third-order valence-electron chi connectivity index (χ3n) is 10.3.